The first-order chi connectivity index (χ1) is 16.5. The number of rotatable bonds is 8. The molecule has 2 heterocycles. The van der Waals surface area contributed by atoms with Crippen molar-refractivity contribution in [2.24, 2.45) is 17.8 Å². The Morgan fingerprint density at radius 2 is 1.86 bits per heavy atom. The molecule has 0 spiro atoms. The van der Waals surface area contributed by atoms with Crippen LogP contribution in [0.1, 0.15) is 44.9 Å². The number of halogens is 3. The van der Waals surface area contributed by atoms with E-state index in [0.29, 0.717) is 19.4 Å². The van der Waals surface area contributed by atoms with Gasteiger partial charge in [0.05, 0.1) is 6.04 Å². The van der Waals surface area contributed by atoms with E-state index in [-0.39, 0.29) is 36.8 Å². The standard InChI is InChI=1S/C22H29F3N4O6/c23-22(24,25)35-10-16(30)15(8-11-6-7-26-18(11)31)28-19(32)17-14-3-1-2-12(14)9-29(17)21(34)20(33)27-13-4-5-13/h11-15,17H,1-10H2,(H,26,31)(H,27,33)(H,28,32)/t11-,12-,14-,15?,17-/m0/s1. The van der Waals surface area contributed by atoms with Gasteiger partial charge in [-0.2, -0.15) is 0 Å². The molecule has 0 radical (unpaired) electrons. The summed E-state index contributed by atoms with van der Waals surface area (Å²) in [5.74, 6) is -4.56. The number of fused-ring (bicyclic) bond motifs is 1. The summed E-state index contributed by atoms with van der Waals surface area (Å²) in [5.41, 5.74) is 0. The van der Waals surface area contributed by atoms with Crippen LogP contribution < -0.4 is 16.0 Å². The molecule has 2 aliphatic heterocycles. The Morgan fingerprint density at radius 1 is 1.11 bits per heavy atom. The topological polar surface area (TPSA) is 134 Å². The Labute approximate surface area is 199 Å². The molecule has 1 unspecified atom stereocenters. The minimum absolute atomic E-state index is 0.0201. The number of nitrogens with one attached hydrogen (secondary N) is 3. The van der Waals surface area contributed by atoms with Crippen LogP contribution in [0.3, 0.4) is 0 Å². The first kappa shape index (κ1) is 25.4. The van der Waals surface area contributed by atoms with Gasteiger partial charge in [0.25, 0.3) is 0 Å². The van der Waals surface area contributed by atoms with Crippen LogP contribution >= 0.6 is 0 Å². The fraction of sp³-hybridized carbons (Fsp3) is 0.773. The summed E-state index contributed by atoms with van der Waals surface area (Å²) in [4.78, 5) is 64.5. The number of ether oxygens (including phenoxy) is 1. The lowest BCUT2D eigenvalue weighted by atomic mass is 9.92. The van der Waals surface area contributed by atoms with Crippen molar-refractivity contribution in [3.8, 4) is 0 Å². The van der Waals surface area contributed by atoms with Crippen LogP contribution in [0, 0.1) is 17.8 Å². The number of amides is 4. The van der Waals surface area contributed by atoms with E-state index >= 15 is 0 Å². The average Bonchev–Trinajstić information content (AvgIpc) is 3.16. The van der Waals surface area contributed by atoms with Gasteiger partial charge in [-0.3, -0.25) is 28.7 Å². The van der Waals surface area contributed by atoms with Gasteiger partial charge in [-0.1, -0.05) is 6.42 Å². The Balaban J connectivity index is 1.49. The maximum atomic E-state index is 13.4. The van der Waals surface area contributed by atoms with Crippen molar-refractivity contribution < 1.29 is 41.9 Å². The van der Waals surface area contributed by atoms with Gasteiger partial charge < -0.3 is 20.9 Å². The minimum Gasteiger partial charge on any atom is -0.356 e. The van der Waals surface area contributed by atoms with Gasteiger partial charge in [0.15, 0.2) is 5.78 Å². The van der Waals surface area contributed by atoms with E-state index in [9.17, 15) is 37.1 Å². The molecular weight excluding hydrogens is 473 g/mol. The van der Waals surface area contributed by atoms with Gasteiger partial charge in [0.1, 0.15) is 12.6 Å². The van der Waals surface area contributed by atoms with E-state index in [1.165, 1.54) is 4.90 Å². The molecule has 5 atom stereocenters. The van der Waals surface area contributed by atoms with Crippen LogP contribution in [-0.4, -0.2) is 78.5 Å². The monoisotopic (exact) mass is 502 g/mol. The Kier molecular flexibility index (Phi) is 7.34. The highest BCUT2D eigenvalue weighted by molar-refractivity contribution is 6.35. The lowest BCUT2D eigenvalue weighted by Crippen LogP contribution is -2.56. The predicted molar refractivity (Wildman–Crippen MR) is 112 cm³/mol. The van der Waals surface area contributed by atoms with Crippen molar-refractivity contribution in [3.63, 3.8) is 0 Å². The Hall–Kier alpha value is -2.70. The number of carbonyl (C=O) groups is 5. The average molecular weight is 502 g/mol. The number of alkyl halides is 3. The summed E-state index contributed by atoms with van der Waals surface area (Å²) in [6.07, 6.45) is -0.994. The third kappa shape index (κ3) is 6.11. The summed E-state index contributed by atoms with van der Waals surface area (Å²) < 4.78 is 41.2. The molecule has 194 valence electrons. The summed E-state index contributed by atoms with van der Waals surface area (Å²) in [5, 5.41) is 7.70. The van der Waals surface area contributed by atoms with E-state index in [1.54, 1.807) is 0 Å². The maximum absolute atomic E-state index is 13.4. The molecule has 2 saturated heterocycles. The number of likely N-dealkylation sites (tertiary alicyclic amines) is 1. The largest absolute Gasteiger partial charge is 0.522 e. The lowest BCUT2D eigenvalue weighted by molar-refractivity contribution is -0.321. The molecule has 0 aromatic rings. The highest BCUT2D eigenvalue weighted by Gasteiger charge is 2.51. The second kappa shape index (κ2) is 10.1. The second-order valence-corrected chi connectivity index (χ2v) is 9.78. The van der Waals surface area contributed by atoms with Gasteiger partial charge in [-0.25, -0.2) is 0 Å². The van der Waals surface area contributed by atoms with Crippen molar-refractivity contribution >= 4 is 29.4 Å². The van der Waals surface area contributed by atoms with Crippen LogP contribution in [0.15, 0.2) is 0 Å². The fourth-order valence-electron chi connectivity index (χ4n) is 5.39. The zero-order valence-electron chi connectivity index (χ0n) is 19.1. The molecule has 35 heavy (non-hydrogen) atoms. The molecule has 4 fully saturated rings. The highest BCUT2D eigenvalue weighted by atomic mass is 19.4. The molecule has 2 saturated carbocycles. The van der Waals surface area contributed by atoms with Crippen LogP contribution in [0.25, 0.3) is 0 Å². The summed E-state index contributed by atoms with van der Waals surface area (Å²) in [6.45, 7) is -0.728. The van der Waals surface area contributed by atoms with Crippen molar-refractivity contribution in [2.45, 2.75) is 69.4 Å². The number of carbonyl (C=O) groups excluding carboxylic acids is 5. The quantitative estimate of drug-likeness (QED) is 0.401. The van der Waals surface area contributed by atoms with Crippen LogP contribution in [0.4, 0.5) is 13.2 Å². The maximum Gasteiger partial charge on any atom is 0.522 e. The smallest absolute Gasteiger partial charge is 0.356 e. The zero-order chi connectivity index (χ0) is 25.3. The van der Waals surface area contributed by atoms with Crippen LogP contribution in [0.5, 0.6) is 0 Å². The van der Waals surface area contributed by atoms with Gasteiger partial charge in [0, 0.05) is 25.0 Å². The molecule has 4 aliphatic rings. The molecule has 0 aromatic heterocycles. The normalized spacial score (nSPS) is 28.9. The minimum atomic E-state index is -5.03. The van der Waals surface area contributed by atoms with E-state index in [4.69, 9.17) is 0 Å². The third-order valence-electron chi connectivity index (χ3n) is 7.29. The first-order valence-corrected chi connectivity index (χ1v) is 12.0. The summed E-state index contributed by atoms with van der Waals surface area (Å²) >= 11 is 0. The number of ketones is 1. The van der Waals surface area contributed by atoms with Crippen molar-refractivity contribution in [2.75, 3.05) is 19.7 Å². The Bertz CT molecular complexity index is 893. The van der Waals surface area contributed by atoms with Crippen molar-refractivity contribution in [1.29, 1.82) is 0 Å². The van der Waals surface area contributed by atoms with Gasteiger partial charge in [-0.05, 0) is 50.4 Å². The van der Waals surface area contributed by atoms with Crippen LogP contribution in [-0.2, 0) is 28.7 Å². The Morgan fingerprint density at radius 3 is 2.49 bits per heavy atom. The molecule has 0 bridgehead atoms. The number of Topliss-reactive ketones (excluding diaryl/α,β-unsaturated/α-hetero) is 1. The molecule has 2 aliphatic carbocycles. The van der Waals surface area contributed by atoms with E-state index in [0.717, 1.165) is 25.7 Å². The molecule has 4 amide bonds. The van der Waals surface area contributed by atoms with Crippen LogP contribution in [0.2, 0.25) is 0 Å². The summed E-state index contributed by atoms with van der Waals surface area (Å²) in [7, 11) is 0. The SMILES string of the molecule is O=C(NC1CC1)C(=O)N1C[C@@H]2CCC[C@@H]2[C@H]1C(=O)NC(C[C@@H]1CCNC1=O)C(=O)COC(F)(F)F. The van der Waals surface area contributed by atoms with E-state index in [2.05, 4.69) is 20.7 Å². The van der Waals surface area contributed by atoms with Gasteiger partial charge in [-0.15, -0.1) is 13.2 Å². The predicted octanol–water partition coefficient (Wildman–Crippen LogP) is 0.00860. The molecule has 4 rings (SSSR count). The van der Waals surface area contributed by atoms with Crippen molar-refractivity contribution in [1.82, 2.24) is 20.9 Å². The second-order valence-electron chi connectivity index (χ2n) is 9.78. The fourth-order valence-corrected chi connectivity index (χ4v) is 5.39. The number of hydrogen-bond donors (Lipinski definition) is 3. The molecule has 3 N–H and O–H groups in total. The highest BCUT2D eigenvalue weighted by Crippen LogP contribution is 2.42. The number of hydrogen-bond acceptors (Lipinski definition) is 6. The van der Waals surface area contributed by atoms with E-state index in [1.807, 2.05) is 0 Å². The molecule has 10 nitrogen and oxygen atoms in total. The van der Waals surface area contributed by atoms with Gasteiger partial charge in [0.2, 0.25) is 11.8 Å². The molecular formula is C22H29F3N4O6. The molecule has 0 aromatic carbocycles. The first-order valence-electron chi connectivity index (χ1n) is 12.0. The molecule has 13 heteroatoms. The lowest BCUT2D eigenvalue weighted by Gasteiger charge is -2.29. The zero-order valence-corrected chi connectivity index (χ0v) is 19.1. The van der Waals surface area contributed by atoms with E-state index < -0.39 is 54.5 Å². The van der Waals surface area contributed by atoms with Crippen molar-refractivity contribution in [3.05, 3.63) is 0 Å². The van der Waals surface area contributed by atoms with Gasteiger partial charge >= 0.3 is 18.2 Å². The number of nitrogens with zero attached hydrogens (tertiary/aromatic N) is 1. The third-order valence-corrected chi connectivity index (χ3v) is 7.29. The summed E-state index contributed by atoms with van der Waals surface area (Å²) in [6, 6.07) is -2.47.